The summed E-state index contributed by atoms with van der Waals surface area (Å²) in [6.45, 7) is 1.92. The van der Waals surface area contributed by atoms with Crippen LogP contribution in [0, 0.1) is 6.92 Å². The summed E-state index contributed by atoms with van der Waals surface area (Å²) < 4.78 is 1.65. The van der Waals surface area contributed by atoms with E-state index in [0.717, 1.165) is 5.56 Å². The van der Waals surface area contributed by atoms with Crippen molar-refractivity contribution in [3.8, 4) is 0 Å². The number of imidazole rings is 1. The Morgan fingerprint density at radius 1 is 1.62 bits per heavy atom. The van der Waals surface area contributed by atoms with Gasteiger partial charge in [0.05, 0.1) is 5.97 Å². The number of carbonyl (C=O) groups is 1. The molecule has 4 heteroatoms. The average Bonchev–Trinajstić information content (AvgIpc) is 2.46. The summed E-state index contributed by atoms with van der Waals surface area (Å²) in [7, 11) is 0. The third kappa shape index (κ3) is 1.26. The van der Waals surface area contributed by atoms with Crippen molar-refractivity contribution in [3.63, 3.8) is 0 Å². The van der Waals surface area contributed by atoms with Crippen LogP contribution in [0.1, 0.15) is 16.1 Å². The summed E-state index contributed by atoms with van der Waals surface area (Å²) in [5, 5.41) is 10.5. The third-order valence-electron chi connectivity index (χ3n) is 1.82. The molecule has 0 N–H and O–H groups in total. The summed E-state index contributed by atoms with van der Waals surface area (Å²) in [4.78, 5) is 14.3. The van der Waals surface area contributed by atoms with Gasteiger partial charge in [0.1, 0.15) is 11.3 Å². The number of aryl methyl sites for hydroxylation is 1. The second-order valence-electron chi connectivity index (χ2n) is 2.88. The Bertz CT molecular complexity index is 473. The van der Waals surface area contributed by atoms with E-state index in [1.54, 1.807) is 10.6 Å². The maximum atomic E-state index is 10.5. The molecule has 0 saturated heterocycles. The van der Waals surface area contributed by atoms with Crippen molar-refractivity contribution in [2.45, 2.75) is 6.92 Å². The standard InChI is InChI=1S/C9H8N2O2/c1-6-2-3-11-5-7(9(12)13)10-8(11)4-6/h2-5H,1H3,(H,12,13)/p-1. The number of fused-ring (bicyclic) bond motifs is 1. The molecule has 0 unspecified atom stereocenters. The lowest BCUT2D eigenvalue weighted by Gasteiger charge is -1.92. The van der Waals surface area contributed by atoms with E-state index >= 15 is 0 Å². The Kier molecular flexibility index (Phi) is 1.55. The molecule has 0 amide bonds. The van der Waals surface area contributed by atoms with Crippen LogP contribution < -0.4 is 5.11 Å². The van der Waals surface area contributed by atoms with Gasteiger partial charge in [-0.05, 0) is 24.6 Å². The van der Waals surface area contributed by atoms with Crippen LogP contribution in [0.2, 0.25) is 0 Å². The summed E-state index contributed by atoms with van der Waals surface area (Å²) >= 11 is 0. The van der Waals surface area contributed by atoms with Crippen LogP contribution in [0.25, 0.3) is 5.65 Å². The Balaban J connectivity index is 2.68. The first-order chi connectivity index (χ1) is 6.16. The van der Waals surface area contributed by atoms with Gasteiger partial charge in [-0.2, -0.15) is 0 Å². The number of rotatable bonds is 1. The number of nitrogens with zero attached hydrogens (tertiary/aromatic N) is 2. The number of carboxylic acid groups (broad SMARTS) is 1. The Morgan fingerprint density at radius 2 is 2.38 bits per heavy atom. The highest BCUT2D eigenvalue weighted by Gasteiger charge is 2.00. The van der Waals surface area contributed by atoms with E-state index in [0.29, 0.717) is 5.65 Å². The molecule has 0 atom stereocenters. The van der Waals surface area contributed by atoms with E-state index in [-0.39, 0.29) is 5.69 Å². The van der Waals surface area contributed by atoms with E-state index in [1.807, 2.05) is 19.1 Å². The van der Waals surface area contributed by atoms with Crippen LogP contribution in [0.3, 0.4) is 0 Å². The molecule has 0 aromatic carbocycles. The highest BCUT2D eigenvalue weighted by Crippen LogP contribution is 2.06. The van der Waals surface area contributed by atoms with Crippen LogP contribution in [0.4, 0.5) is 0 Å². The van der Waals surface area contributed by atoms with Crippen molar-refractivity contribution < 1.29 is 9.90 Å². The van der Waals surface area contributed by atoms with Gasteiger partial charge >= 0.3 is 0 Å². The molecule has 2 rings (SSSR count). The fourth-order valence-electron chi connectivity index (χ4n) is 1.18. The van der Waals surface area contributed by atoms with E-state index < -0.39 is 5.97 Å². The van der Waals surface area contributed by atoms with E-state index in [1.165, 1.54) is 6.20 Å². The first kappa shape index (κ1) is 7.79. The van der Waals surface area contributed by atoms with Gasteiger partial charge in [-0.25, -0.2) is 4.98 Å². The van der Waals surface area contributed by atoms with Crippen molar-refractivity contribution in [2.75, 3.05) is 0 Å². The molecule has 2 aromatic rings. The summed E-state index contributed by atoms with van der Waals surface area (Å²) in [5.41, 5.74) is 1.63. The monoisotopic (exact) mass is 175 g/mol. The van der Waals surface area contributed by atoms with Crippen LogP contribution in [0.5, 0.6) is 0 Å². The first-order valence-corrected chi connectivity index (χ1v) is 3.83. The SMILES string of the molecule is Cc1ccn2cc(C(=O)[O-])nc2c1. The fourth-order valence-corrected chi connectivity index (χ4v) is 1.18. The molecule has 13 heavy (non-hydrogen) atoms. The minimum absolute atomic E-state index is 0.0365. The predicted molar refractivity (Wildman–Crippen MR) is 44.3 cm³/mol. The van der Waals surface area contributed by atoms with Crippen molar-refractivity contribution >= 4 is 11.6 Å². The number of pyridine rings is 1. The van der Waals surface area contributed by atoms with E-state index in [2.05, 4.69) is 4.98 Å². The smallest absolute Gasteiger partial charge is 0.137 e. The van der Waals surface area contributed by atoms with E-state index in [4.69, 9.17) is 0 Å². The Hall–Kier alpha value is -1.84. The molecule has 0 aliphatic carbocycles. The van der Waals surface area contributed by atoms with Crippen molar-refractivity contribution in [2.24, 2.45) is 0 Å². The van der Waals surface area contributed by atoms with Crippen molar-refractivity contribution in [1.29, 1.82) is 0 Å². The van der Waals surface area contributed by atoms with Gasteiger partial charge in [0.25, 0.3) is 0 Å². The van der Waals surface area contributed by atoms with Crippen LogP contribution in [0.15, 0.2) is 24.5 Å². The van der Waals surface area contributed by atoms with Gasteiger partial charge in [-0.3, -0.25) is 0 Å². The first-order valence-electron chi connectivity index (χ1n) is 3.83. The van der Waals surface area contributed by atoms with Crippen LogP contribution >= 0.6 is 0 Å². The predicted octanol–water partition coefficient (Wildman–Crippen LogP) is 0.00622. The maximum absolute atomic E-state index is 10.5. The second kappa shape index (κ2) is 2.58. The quantitative estimate of drug-likeness (QED) is 0.613. The zero-order valence-electron chi connectivity index (χ0n) is 7.02. The molecule has 0 aliphatic rings. The van der Waals surface area contributed by atoms with Crippen molar-refractivity contribution in [1.82, 2.24) is 9.38 Å². The van der Waals surface area contributed by atoms with E-state index in [9.17, 15) is 9.90 Å². The lowest BCUT2D eigenvalue weighted by atomic mass is 10.3. The zero-order valence-corrected chi connectivity index (χ0v) is 7.02. The molecule has 0 saturated carbocycles. The molecule has 0 radical (unpaired) electrons. The largest absolute Gasteiger partial charge is 0.543 e. The van der Waals surface area contributed by atoms with Crippen LogP contribution in [-0.4, -0.2) is 15.4 Å². The number of hydrogen-bond donors (Lipinski definition) is 0. The Morgan fingerprint density at radius 3 is 3.08 bits per heavy atom. The average molecular weight is 175 g/mol. The highest BCUT2D eigenvalue weighted by molar-refractivity contribution is 5.84. The number of carboxylic acids is 1. The maximum Gasteiger partial charge on any atom is 0.137 e. The Labute approximate surface area is 74.5 Å². The molecule has 2 heterocycles. The summed E-state index contributed by atoms with van der Waals surface area (Å²) in [5.74, 6) is -1.25. The summed E-state index contributed by atoms with van der Waals surface area (Å²) in [6, 6.07) is 3.69. The number of aromatic nitrogens is 2. The van der Waals surface area contributed by atoms with Gasteiger partial charge in [0, 0.05) is 12.4 Å². The van der Waals surface area contributed by atoms with Gasteiger partial charge in [-0.1, -0.05) is 0 Å². The van der Waals surface area contributed by atoms with Crippen molar-refractivity contribution in [3.05, 3.63) is 35.8 Å². The third-order valence-corrected chi connectivity index (χ3v) is 1.82. The van der Waals surface area contributed by atoms with Gasteiger partial charge in [0.15, 0.2) is 0 Å². The minimum Gasteiger partial charge on any atom is -0.543 e. The molecule has 0 spiro atoms. The lowest BCUT2D eigenvalue weighted by molar-refractivity contribution is -0.255. The topological polar surface area (TPSA) is 57.4 Å². The minimum atomic E-state index is -1.25. The fraction of sp³-hybridized carbons (Fsp3) is 0.111. The molecule has 0 fully saturated rings. The highest BCUT2D eigenvalue weighted by atomic mass is 16.4. The number of hydrogen-bond acceptors (Lipinski definition) is 3. The second-order valence-corrected chi connectivity index (χ2v) is 2.88. The van der Waals surface area contributed by atoms with Gasteiger partial charge in [0.2, 0.25) is 0 Å². The summed E-state index contributed by atoms with van der Waals surface area (Å²) in [6.07, 6.45) is 3.20. The number of carbonyl (C=O) groups excluding carboxylic acids is 1. The molecule has 66 valence electrons. The normalized spacial score (nSPS) is 10.5. The van der Waals surface area contributed by atoms with Crippen LogP contribution in [-0.2, 0) is 0 Å². The molecule has 4 nitrogen and oxygen atoms in total. The van der Waals surface area contributed by atoms with Gasteiger partial charge < -0.3 is 14.3 Å². The lowest BCUT2D eigenvalue weighted by Crippen LogP contribution is -2.22. The molecular formula is C9H7N2O2-. The molecule has 0 aliphatic heterocycles. The zero-order chi connectivity index (χ0) is 9.42. The van der Waals surface area contributed by atoms with Gasteiger partial charge in [-0.15, -0.1) is 0 Å². The molecule has 2 aromatic heterocycles. The molecular weight excluding hydrogens is 168 g/mol. The number of aromatic carboxylic acids is 1. The molecule has 0 bridgehead atoms.